The Balaban J connectivity index is 1.74. The minimum absolute atomic E-state index is 0.133. The molecule has 2 heterocycles. The first kappa shape index (κ1) is 12.4. The molecule has 1 aromatic carbocycles. The monoisotopic (exact) mass is 273 g/mol. The molecular formula is C15H15NO2S. The van der Waals surface area contributed by atoms with E-state index < -0.39 is 0 Å². The topological polar surface area (TPSA) is 29.5 Å². The summed E-state index contributed by atoms with van der Waals surface area (Å²) in [4.78, 5) is 15.3. The van der Waals surface area contributed by atoms with Crippen LogP contribution in [-0.2, 0) is 16.0 Å². The van der Waals surface area contributed by atoms with Crippen LogP contribution in [0.5, 0.6) is 0 Å². The zero-order chi connectivity index (χ0) is 13.1. The molecule has 1 amide bonds. The molecule has 1 fully saturated rings. The summed E-state index contributed by atoms with van der Waals surface area (Å²) in [5.74, 6) is 0.133. The van der Waals surface area contributed by atoms with Gasteiger partial charge in [0.15, 0.2) is 6.23 Å². The van der Waals surface area contributed by atoms with Crippen molar-refractivity contribution in [2.45, 2.75) is 12.6 Å². The number of rotatable bonds is 3. The molecular weight excluding hydrogens is 258 g/mol. The first-order valence-electron chi connectivity index (χ1n) is 6.33. The van der Waals surface area contributed by atoms with E-state index >= 15 is 0 Å². The predicted octanol–water partition coefficient (Wildman–Crippen LogP) is 2.85. The highest BCUT2D eigenvalue weighted by molar-refractivity contribution is 7.10. The Hall–Kier alpha value is -1.65. The molecule has 0 aliphatic carbocycles. The third-order valence-electron chi connectivity index (χ3n) is 3.20. The van der Waals surface area contributed by atoms with Crippen molar-refractivity contribution in [1.29, 1.82) is 0 Å². The molecule has 0 spiro atoms. The Morgan fingerprint density at radius 3 is 2.84 bits per heavy atom. The van der Waals surface area contributed by atoms with E-state index in [2.05, 4.69) is 0 Å². The third-order valence-corrected chi connectivity index (χ3v) is 4.08. The molecule has 98 valence electrons. The van der Waals surface area contributed by atoms with Gasteiger partial charge in [0.05, 0.1) is 13.0 Å². The van der Waals surface area contributed by atoms with E-state index in [1.165, 1.54) is 0 Å². The van der Waals surface area contributed by atoms with Gasteiger partial charge >= 0.3 is 0 Å². The van der Waals surface area contributed by atoms with Crippen molar-refractivity contribution in [3.8, 4) is 0 Å². The van der Waals surface area contributed by atoms with E-state index in [0.29, 0.717) is 19.6 Å². The highest BCUT2D eigenvalue weighted by Crippen LogP contribution is 2.27. The molecule has 0 saturated carbocycles. The van der Waals surface area contributed by atoms with Gasteiger partial charge in [0.1, 0.15) is 0 Å². The fourth-order valence-corrected chi connectivity index (χ4v) is 2.98. The van der Waals surface area contributed by atoms with Crippen LogP contribution in [0.3, 0.4) is 0 Å². The molecule has 19 heavy (non-hydrogen) atoms. The summed E-state index contributed by atoms with van der Waals surface area (Å²) in [6, 6.07) is 13.9. The highest BCUT2D eigenvalue weighted by atomic mass is 32.1. The fraction of sp³-hybridized carbons (Fsp3) is 0.267. The zero-order valence-electron chi connectivity index (χ0n) is 10.5. The summed E-state index contributed by atoms with van der Waals surface area (Å²) >= 11 is 1.62. The quantitative estimate of drug-likeness (QED) is 0.860. The Kier molecular flexibility index (Phi) is 3.62. The van der Waals surface area contributed by atoms with Crippen LogP contribution >= 0.6 is 11.3 Å². The second-order valence-electron chi connectivity index (χ2n) is 4.48. The van der Waals surface area contributed by atoms with Crippen LogP contribution in [0.25, 0.3) is 0 Å². The fourth-order valence-electron chi connectivity index (χ4n) is 2.28. The lowest BCUT2D eigenvalue weighted by atomic mass is 10.2. The number of ether oxygens (including phenoxy) is 1. The van der Waals surface area contributed by atoms with E-state index in [1.807, 2.05) is 52.7 Å². The Bertz CT molecular complexity index is 539. The lowest BCUT2D eigenvalue weighted by molar-refractivity contribution is -0.135. The molecule has 0 radical (unpaired) electrons. The molecule has 1 atom stereocenters. The molecule has 1 saturated heterocycles. The third kappa shape index (κ3) is 2.69. The van der Waals surface area contributed by atoms with Gasteiger partial charge in [0, 0.05) is 17.0 Å². The summed E-state index contributed by atoms with van der Waals surface area (Å²) in [5, 5.41) is 2.00. The van der Waals surface area contributed by atoms with E-state index in [1.54, 1.807) is 11.3 Å². The SMILES string of the molecule is O=C(Cc1cccs1)N1CCOC1c1ccccc1. The summed E-state index contributed by atoms with van der Waals surface area (Å²) in [6.07, 6.45) is 0.235. The Morgan fingerprint density at radius 2 is 2.11 bits per heavy atom. The summed E-state index contributed by atoms with van der Waals surface area (Å²) in [7, 11) is 0. The van der Waals surface area contributed by atoms with Crippen LogP contribution in [0.2, 0.25) is 0 Å². The molecule has 1 aromatic heterocycles. The number of benzene rings is 1. The molecule has 1 aliphatic rings. The van der Waals surface area contributed by atoms with Crippen LogP contribution in [0.1, 0.15) is 16.7 Å². The smallest absolute Gasteiger partial charge is 0.230 e. The molecule has 1 aliphatic heterocycles. The van der Waals surface area contributed by atoms with Crippen molar-refractivity contribution < 1.29 is 9.53 Å². The Morgan fingerprint density at radius 1 is 1.26 bits per heavy atom. The van der Waals surface area contributed by atoms with Crippen molar-refractivity contribution >= 4 is 17.2 Å². The highest BCUT2D eigenvalue weighted by Gasteiger charge is 2.30. The van der Waals surface area contributed by atoms with Gasteiger partial charge in [-0.25, -0.2) is 0 Å². The minimum Gasteiger partial charge on any atom is -0.352 e. The van der Waals surface area contributed by atoms with Crippen LogP contribution in [0.15, 0.2) is 47.8 Å². The molecule has 3 nitrogen and oxygen atoms in total. The van der Waals surface area contributed by atoms with Gasteiger partial charge in [-0.2, -0.15) is 0 Å². The largest absolute Gasteiger partial charge is 0.352 e. The number of amides is 1. The lowest BCUT2D eigenvalue weighted by Crippen LogP contribution is -2.32. The van der Waals surface area contributed by atoms with Gasteiger partial charge < -0.3 is 9.64 Å². The zero-order valence-corrected chi connectivity index (χ0v) is 11.3. The van der Waals surface area contributed by atoms with E-state index in [4.69, 9.17) is 4.74 Å². The van der Waals surface area contributed by atoms with Crippen molar-refractivity contribution in [1.82, 2.24) is 4.90 Å². The number of carbonyl (C=O) groups excluding carboxylic acids is 1. The van der Waals surface area contributed by atoms with E-state index in [0.717, 1.165) is 10.4 Å². The maximum absolute atomic E-state index is 12.3. The van der Waals surface area contributed by atoms with Gasteiger partial charge in [0.25, 0.3) is 0 Å². The average Bonchev–Trinajstić information content (AvgIpc) is 3.10. The van der Waals surface area contributed by atoms with Gasteiger partial charge in [-0.3, -0.25) is 4.79 Å². The maximum atomic E-state index is 12.3. The van der Waals surface area contributed by atoms with Crippen molar-refractivity contribution in [2.24, 2.45) is 0 Å². The van der Waals surface area contributed by atoms with E-state index in [9.17, 15) is 4.79 Å². The number of hydrogen-bond donors (Lipinski definition) is 0. The Labute approximate surface area is 116 Å². The average molecular weight is 273 g/mol. The second-order valence-corrected chi connectivity index (χ2v) is 5.51. The minimum atomic E-state index is -0.228. The number of hydrogen-bond acceptors (Lipinski definition) is 3. The van der Waals surface area contributed by atoms with Crippen molar-refractivity contribution in [3.63, 3.8) is 0 Å². The molecule has 2 aromatic rings. The van der Waals surface area contributed by atoms with Crippen molar-refractivity contribution in [2.75, 3.05) is 13.2 Å². The molecule has 3 rings (SSSR count). The summed E-state index contributed by atoms with van der Waals surface area (Å²) in [6.45, 7) is 1.28. The standard InChI is InChI=1S/C15H15NO2S/c17-14(11-13-7-4-10-19-13)16-8-9-18-15(16)12-5-2-1-3-6-12/h1-7,10,15H,8-9,11H2. The second kappa shape index (κ2) is 5.55. The van der Waals surface area contributed by atoms with Crippen molar-refractivity contribution in [3.05, 3.63) is 58.3 Å². The lowest BCUT2D eigenvalue weighted by Gasteiger charge is -2.23. The number of carbonyl (C=O) groups is 1. The van der Waals surface area contributed by atoms with Gasteiger partial charge in [-0.15, -0.1) is 11.3 Å². The van der Waals surface area contributed by atoms with Crippen LogP contribution in [-0.4, -0.2) is 24.0 Å². The molecule has 0 bridgehead atoms. The number of thiophene rings is 1. The van der Waals surface area contributed by atoms with Gasteiger partial charge in [-0.1, -0.05) is 36.4 Å². The van der Waals surface area contributed by atoms with Crippen LogP contribution < -0.4 is 0 Å². The molecule has 4 heteroatoms. The van der Waals surface area contributed by atoms with Gasteiger partial charge in [0.2, 0.25) is 5.91 Å². The first-order chi connectivity index (χ1) is 9.34. The maximum Gasteiger partial charge on any atom is 0.230 e. The summed E-state index contributed by atoms with van der Waals surface area (Å²) in [5.41, 5.74) is 1.04. The summed E-state index contributed by atoms with van der Waals surface area (Å²) < 4.78 is 5.70. The van der Waals surface area contributed by atoms with Crippen LogP contribution in [0.4, 0.5) is 0 Å². The first-order valence-corrected chi connectivity index (χ1v) is 7.21. The van der Waals surface area contributed by atoms with E-state index in [-0.39, 0.29) is 12.1 Å². The normalized spacial score (nSPS) is 18.7. The number of nitrogens with zero attached hydrogens (tertiary/aromatic N) is 1. The predicted molar refractivity (Wildman–Crippen MR) is 74.9 cm³/mol. The van der Waals surface area contributed by atoms with Gasteiger partial charge in [-0.05, 0) is 11.4 Å². The molecule has 1 unspecified atom stereocenters. The van der Waals surface area contributed by atoms with Crippen LogP contribution in [0, 0.1) is 0 Å². The molecule has 0 N–H and O–H groups in total.